The number of likely N-dealkylation sites (tertiary alicyclic amines) is 1. The van der Waals surface area contributed by atoms with Gasteiger partial charge in [0.25, 0.3) is 5.91 Å². The lowest BCUT2D eigenvalue weighted by Gasteiger charge is -2.40. The third kappa shape index (κ3) is 4.42. The maximum absolute atomic E-state index is 17.3. The van der Waals surface area contributed by atoms with Gasteiger partial charge in [0.2, 0.25) is 0 Å². The van der Waals surface area contributed by atoms with Crippen molar-refractivity contribution in [3.05, 3.63) is 69.7 Å². The molecule has 10 rings (SSSR count). The molecule has 3 saturated carbocycles. The number of halogens is 4. The number of amides is 2. The van der Waals surface area contributed by atoms with Crippen LogP contribution in [0.3, 0.4) is 0 Å². The molecule has 3 aliphatic carbocycles. The highest BCUT2D eigenvalue weighted by atomic mass is 35.5. The molecule has 0 radical (unpaired) electrons. The normalized spacial score (nSPS) is 27.0. The lowest BCUT2D eigenvalue weighted by Crippen LogP contribution is -2.44. The van der Waals surface area contributed by atoms with Crippen LogP contribution >= 0.6 is 23.2 Å². The molecule has 6 fully saturated rings. The number of carboxylic acid groups (broad SMARTS) is 1. The molecular weight excluding hydrogens is 683 g/mol. The molecule has 256 valence electrons. The van der Waals surface area contributed by atoms with Crippen molar-refractivity contribution in [2.75, 3.05) is 6.54 Å². The van der Waals surface area contributed by atoms with Gasteiger partial charge in [0.05, 0.1) is 45.5 Å². The lowest BCUT2D eigenvalue weighted by molar-refractivity contribution is -0.140. The van der Waals surface area contributed by atoms with Gasteiger partial charge in [0.15, 0.2) is 11.5 Å². The Morgan fingerprint density at radius 2 is 1.90 bits per heavy atom. The summed E-state index contributed by atoms with van der Waals surface area (Å²) in [7, 11) is 0. The standard InChI is InChI=1S/C38H33Cl2F2N5O3/c1-17(2)32-23-15-27(26-13-19-12-25(19)46(26)36(48)38(42)8-9-38)47(34-20-14-28(34)45(16-20)37(49)50)35(23)22-11-18(5-4-10-43)29(31(41)33(22)44-32)21-6-3-7-24(39)30(21)40/h3,6-7,11,15,19-20,25-26,28,34H,1,4-5,8-9,12-14,16H2,2H3,(H,49,50)/t19-,20-,25-,26-,28-,34+/m1/s1. The van der Waals surface area contributed by atoms with Gasteiger partial charge in [0, 0.05) is 52.5 Å². The first kappa shape index (κ1) is 31.8. The van der Waals surface area contributed by atoms with Crippen LogP contribution in [0.2, 0.25) is 10.0 Å². The quantitative estimate of drug-likeness (QED) is 0.206. The Balaban J connectivity index is 1.35. The van der Waals surface area contributed by atoms with E-state index in [-0.39, 0.29) is 76.8 Å². The Hall–Kier alpha value is -4.20. The van der Waals surface area contributed by atoms with E-state index in [2.05, 4.69) is 17.2 Å². The first-order valence-corrected chi connectivity index (χ1v) is 17.9. The largest absolute Gasteiger partial charge is 0.465 e. The number of aryl methyl sites for hydroxylation is 1. The molecule has 1 N–H and O–H groups in total. The van der Waals surface area contributed by atoms with Crippen molar-refractivity contribution < 1.29 is 23.5 Å². The molecule has 2 aromatic heterocycles. The molecule has 2 aromatic carbocycles. The number of aromatic nitrogens is 2. The van der Waals surface area contributed by atoms with Gasteiger partial charge in [0.1, 0.15) is 5.52 Å². The number of pyridine rings is 1. The second kappa shape index (κ2) is 10.9. The third-order valence-corrected chi connectivity index (χ3v) is 12.6. The first-order valence-electron chi connectivity index (χ1n) is 17.1. The summed E-state index contributed by atoms with van der Waals surface area (Å²) in [5.74, 6) is -0.814. The minimum Gasteiger partial charge on any atom is -0.465 e. The number of hydrogen-bond donors (Lipinski definition) is 1. The molecule has 8 nitrogen and oxygen atoms in total. The number of nitrogens with zero attached hydrogens (tertiary/aromatic N) is 5. The van der Waals surface area contributed by atoms with Crippen molar-refractivity contribution in [1.82, 2.24) is 19.4 Å². The van der Waals surface area contributed by atoms with Gasteiger partial charge in [-0.05, 0) is 80.7 Å². The first-order chi connectivity index (χ1) is 23.9. The molecule has 3 saturated heterocycles. The zero-order valence-electron chi connectivity index (χ0n) is 27.2. The number of carbonyl (C=O) groups is 2. The van der Waals surface area contributed by atoms with E-state index in [4.69, 9.17) is 28.2 Å². The maximum atomic E-state index is 17.3. The van der Waals surface area contributed by atoms with E-state index in [1.54, 1.807) is 30.0 Å². The van der Waals surface area contributed by atoms with Crippen molar-refractivity contribution in [3.8, 4) is 17.2 Å². The van der Waals surface area contributed by atoms with E-state index in [0.29, 0.717) is 58.1 Å². The monoisotopic (exact) mass is 715 g/mol. The van der Waals surface area contributed by atoms with E-state index >= 15 is 8.78 Å². The molecule has 2 bridgehead atoms. The zero-order chi connectivity index (χ0) is 35.0. The van der Waals surface area contributed by atoms with Crippen molar-refractivity contribution in [3.63, 3.8) is 0 Å². The zero-order valence-corrected chi connectivity index (χ0v) is 28.7. The average Bonchev–Trinajstić information content (AvgIpc) is 3.75. The molecule has 12 heteroatoms. The number of benzene rings is 2. The molecule has 5 heterocycles. The Morgan fingerprint density at radius 1 is 1.14 bits per heavy atom. The number of allylic oxidation sites excluding steroid dienone is 1. The Bertz CT molecular complexity index is 2260. The fourth-order valence-corrected chi connectivity index (χ4v) is 9.59. The Labute approximate surface area is 296 Å². The van der Waals surface area contributed by atoms with Crippen LogP contribution < -0.4 is 0 Å². The molecule has 3 aliphatic heterocycles. The molecule has 2 amide bonds. The van der Waals surface area contributed by atoms with Gasteiger partial charge < -0.3 is 19.5 Å². The van der Waals surface area contributed by atoms with Gasteiger partial charge in [-0.1, -0.05) is 41.9 Å². The van der Waals surface area contributed by atoms with Crippen LogP contribution in [0.25, 0.3) is 38.5 Å². The predicted octanol–water partition coefficient (Wildman–Crippen LogP) is 8.88. The summed E-state index contributed by atoms with van der Waals surface area (Å²) in [5, 5.41) is 21.3. The smallest absolute Gasteiger partial charge is 0.407 e. The van der Waals surface area contributed by atoms with Crippen LogP contribution in [0.1, 0.15) is 74.5 Å². The number of carbonyl (C=O) groups excluding carboxylic acids is 1. The highest BCUT2D eigenvalue weighted by Gasteiger charge is 2.63. The van der Waals surface area contributed by atoms with E-state index in [1.807, 2.05) is 12.1 Å². The average molecular weight is 717 g/mol. The highest BCUT2D eigenvalue weighted by Crippen LogP contribution is 2.59. The molecule has 50 heavy (non-hydrogen) atoms. The molecule has 0 spiro atoms. The summed E-state index contributed by atoms with van der Waals surface area (Å²) < 4.78 is 34.9. The van der Waals surface area contributed by atoms with Crippen LogP contribution in [-0.2, 0) is 11.2 Å². The fraction of sp³-hybridized carbons (Fsp3) is 0.421. The minimum absolute atomic E-state index is 0.00503. The van der Waals surface area contributed by atoms with Crippen molar-refractivity contribution in [2.24, 2.45) is 11.8 Å². The van der Waals surface area contributed by atoms with Crippen LogP contribution in [0.5, 0.6) is 0 Å². The Morgan fingerprint density at radius 3 is 2.58 bits per heavy atom. The predicted molar refractivity (Wildman–Crippen MR) is 186 cm³/mol. The van der Waals surface area contributed by atoms with Crippen molar-refractivity contribution in [2.45, 2.75) is 81.7 Å². The summed E-state index contributed by atoms with van der Waals surface area (Å²) in [6.45, 7) is 6.37. The fourth-order valence-electron chi connectivity index (χ4n) is 9.19. The summed E-state index contributed by atoms with van der Waals surface area (Å²) in [6.07, 6.45) is 1.99. The van der Waals surface area contributed by atoms with Gasteiger partial charge in [-0.25, -0.2) is 18.6 Å². The number of nitriles is 1. The van der Waals surface area contributed by atoms with Crippen LogP contribution in [0, 0.1) is 29.0 Å². The number of alkyl halides is 1. The van der Waals surface area contributed by atoms with E-state index in [9.17, 15) is 20.0 Å². The number of piperidine rings is 1. The summed E-state index contributed by atoms with van der Waals surface area (Å²) in [6, 6.07) is 10.00. The maximum Gasteiger partial charge on any atom is 0.407 e. The SMILES string of the molecule is C=C(C)c1nc2c(F)c(-c3cccc(Cl)c3Cl)c(CCC#N)cc2c2c1cc([C@H]1C[C@H]3C[C@H]3N1C(=O)C1(F)CC1)n2[C@H]1[C@@H]2C[C@H]1N(C(=O)O)C2. The van der Waals surface area contributed by atoms with E-state index < -0.39 is 29.5 Å². The number of hydrogen-bond acceptors (Lipinski definition) is 4. The van der Waals surface area contributed by atoms with Crippen LogP contribution in [0.15, 0.2) is 36.9 Å². The summed E-state index contributed by atoms with van der Waals surface area (Å²) in [4.78, 5) is 34.2. The molecule has 4 aromatic rings. The molecule has 6 atom stereocenters. The molecule has 0 unspecified atom stereocenters. The van der Waals surface area contributed by atoms with Gasteiger partial charge in [-0.2, -0.15) is 5.26 Å². The summed E-state index contributed by atoms with van der Waals surface area (Å²) >= 11 is 13.0. The van der Waals surface area contributed by atoms with Crippen molar-refractivity contribution >= 4 is 62.6 Å². The van der Waals surface area contributed by atoms with Crippen molar-refractivity contribution in [1.29, 1.82) is 5.26 Å². The number of rotatable bonds is 7. The Kier molecular flexibility index (Phi) is 6.92. The van der Waals surface area contributed by atoms with Gasteiger partial charge in [-0.15, -0.1) is 0 Å². The molecule has 6 aliphatic rings. The third-order valence-electron chi connectivity index (χ3n) is 11.8. The highest BCUT2D eigenvalue weighted by molar-refractivity contribution is 6.43. The second-order valence-electron chi connectivity index (χ2n) is 14.8. The van der Waals surface area contributed by atoms with Crippen LogP contribution in [0.4, 0.5) is 13.6 Å². The minimum atomic E-state index is -1.84. The lowest BCUT2D eigenvalue weighted by atomic mass is 9.79. The van der Waals surface area contributed by atoms with Gasteiger partial charge >= 0.3 is 6.09 Å². The van der Waals surface area contributed by atoms with E-state index in [1.165, 1.54) is 4.90 Å². The topological polar surface area (TPSA) is 102 Å². The van der Waals surface area contributed by atoms with E-state index in [0.717, 1.165) is 12.1 Å². The second-order valence-corrected chi connectivity index (χ2v) is 15.6. The van der Waals surface area contributed by atoms with Gasteiger partial charge in [-0.3, -0.25) is 4.79 Å². The molecular formula is C38H33Cl2F2N5O3. The summed E-state index contributed by atoms with van der Waals surface area (Å²) in [5.41, 5.74) is 1.93. The number of fused-ring (bicyclic) bond motifs is 5. The van der Waals surface area contributed by atoms with Crippen LogP contribution in [-0.4, -0.2) is 60.8 Å².